The van der Waals surface area contributed by atoms with Crippen molar-refractivity contribution in [2.24, 2.45) is 0 Å². The molecule has 138 valence electrons. The molecule has 3 aromatic rings. The molecule has 3 aromatic heterocycles. The molecule has 1 amide bonds. The molecule has 0 aliphatic rings. The molecule has 0 aromatic carbocycles. The van der Waals surface area contributed by atoms with Crippen molar-refractivity contribution in [3.05, 3.63) is 28.5 Å². The second kappa shape index (κ2) is 7.56. The van der Waals surface area contributed by atoms with Crippen molar-refractivity contribution in [3.63, 3.8) is 0 Å². The van der Waals surface area contributed by atoms with Gasteiger partial charge in [-0.05, 0) is 37.6 Å². The zero-order valence-corrected chi connectivity index (χ0v) is 16.6. The lowest BCUT2D eigenvalue weighted by atomic mass is 10.2. The second-order valence-corrected chi connectivity index (χ2v) is 8.30. The highest BCUT2D eigenvalue weighted by atomic mass is 32.1. The molecule has 0 fully saturated rings. The first-order valence-electron chi connectivity index (χ1n) is 7.93. The Balaban J connectivity index is 1.94. The molecule has 7 nitrogen and oxygen atoms in total. The number of carbonyl (C=O) groups is 1. The molecule has 0 saturated heterocycles. The summed E-state index contributed by atoms with van der Waals surface area (Å²) in [7, 11) is 1.64. The van der Waals surface area contributed by atoms with Crippen LogP contribution >= 0.6 is 22.7 Å². The van der Waals surface area contributed by atoms with Gasteiger partial charge in [0, 0.05) is 12.7 Å². The summed E-state index contributed by atoms with van der Waals surface area (Å²) in [5, 5.41) is 4.78. The number of rotatable bonds is 5. The maximum Gasteiger partial charge on any atom is 0.426 e. The lowest BCUT2D eigenvalue weighted by Crippen LogP contribution is -2.36. The van der Waals surface area contributed by atoms with Gasteiger partial charge >= 0.3 is 6.09 Å². The Kier molecular flexibility index (Phi) is 5.40. The minimum Gasteiger partial charge on any atom is -0.443 e. The fourth-order valence-corrected chi connectivity index (χ4v) is 3.86. The first-order valence-corrected chi connectivity index (χ1v) is 9.69. The molecule has 0 aliphatic carbocycles. The molecule has 0 atom stereocenters. The highest BCUT2D eigenvalue weighted by molar-refractivity contribution is 7.17. The Hall–Kier alpha value is -2.23. The summed E-state index contributed by atoms with van der Waals surface area (Å²) >= 11 is 3.07. The molecule has 26 heavy (non-hydrogen) atoms. The number of anilines is 1. The van der Waals surface area contributed by atoms with E-state index in [-0.39, 0.29) is 0 Å². The number of hydrogen-bond donors (Lipinski definition) is 2. The SMILES string of the molecule is COCc1csc2nc(-c3cccs3)nc(NNC(=O)OC(C)(C)C)c12. The third-order valence-corrected chi connectivity index (χ3v) is 5.02. The van der Waals surface area contributed by atoms with E-state index in [1.165, 1.54) is 11.3 Å². The molecular weight excluding hydrogens is 372 g/mol. The van der Waals surface area contributed by atoms with Crippen molar-refractivity contribution >= 4 is 44.8 Å². The number of nitrogens with one attached hydrogen (secondary N) is 2. The Morgan fingerprint density at radius 2 is 2.08 bits per heavy atom. The van der Waals surface area contributed by atoms with Gasteiger partial charge in [-0.25, -0.2) is 20.2 Å². The van der Waals surface area contributed by atoms with Gasteiger partial charge < -0.3 is 9.47 Å². The number of aromatic nitrogens is 2. The van der Waals surface area contributed by atoms with Gasteiger partial charge in [0.25, 0.3) is 0 Å². The van der Waals surface area contributed by atoms with E-state index in [4.69, 9.17) is 9.47 Å². The molecule has 2 N–H and O–H groups in total. The van der Waals surface area contributed by atoms with E-state index in [9.17, 15) is 4.79 Å². The average Bonchev–Trinajstić information content (AvgIpc) is 3.21. The lowest BCUT2D eigenvalue weighted by molar-refractivity contribution is 0.0541. The van der Waals surface area contributed by atoms with Crippen LogP contribution in [0, 0.1) is 0 Å². The van der Waals surface area contributed by atoms with E-state index in [2.05, 4.69) is 20.8 Å². The maximum atomic E-state index is 12.0. The number of nitrogens with zero attached hydrogens (tertiary/aromatic N) is 2. The van der Waals surface area contributed by atoms with Gasteiger partial charge in [0.1, 0.15) is 10.4 Å². The summed E-state index contributed by atoms with van der Waals surface area (Å²) < 4.78 is 10.5. The van der Waals surface area contributed by atoms with Crippen LogP contribution in [0.4, 0.5) is 10.6 Å². The van der Waals surface area contributed by atoms with Gasteiger partial charge in [0.2, 0.25) is 0 Å². The lowest BCUT2D eigenvalue weighted by Gasteiger charge is -2.20. The molecule has 0 saturated carbocycles. The second-order valence-electron chi connectivity index (χ2n) is 6.50. The van der Waals surface area contributed by atoms with Crippen LogP contribution < -0.4 is 10.9 Å². The first kappa shape index (κ1) is 18.6. The molecule has 0 aliphatic heterocycles. The standard InChI is InChI=1S/C17H20N4O3S2/c1-17(2,3)24-16(22)21-20-14-12-10(8-23-4)9-26-15(12)19-13(18-14)11-6-5-7-25-11/h5-7,9H,8H2,1-4H3,(H,21,22)(H,18,19,20). The molecule has 0 unspecified atom stereocenters. The molecule has 0 spiro atoms. The first-order chi connectivity index (χ1) is 12.4. The quantitative estimate of drug-likeness (QED) is 0.625. The highest BCUT2D eigenvalue weighted by Gasteiger charge is 2.18. The van der Waals surface area contributed by atoms with Crippen LogP contribution in [0.3, 0.4) is 0 Å². The van der Waals surface area contributed by atoms with Gasteiger partial charge in [0.05, 0.1) is 16.9 Å². The fraction of sp³-hybridized carbons (Fsp3) is 0.353. The number of thiophene rings is 2. The van der Waals surface area contributed by atoms with Crippen molar-refractivity contribution in [2.45, 2.75) is 33.0 Å². The number of ether oxygens (including phenoxy) is 2. The normalized spacial score (nSPS) is 11.5. The minimum absolute atomic E-state index is 0.433. The van der Waals surface area contributed by atoms with E-state index in [0.29, 0.717) is 18.2 Å². The summed E-state index contributed by atoms with van der Waals surface area (Å²) in [6, 6.07) is 3.91. The van der Waals surface area contributed by atoms with Crippen molar-refractivity contribution in [1.82, 2.24) is 15.4 Å². The van der Waals surface area contributed by atoms with Crippen LogP contribution in [0.15, 0.2) is 22.9 Å². The largest absolute Gasteiger partial charge is 0.443 e. The topological polar surface area (TPSA) is 85.4 Å². The van der Waals surface area contributed by atoms with Gasteiger partial charge in [-0.15, -0.1) is 22.7 Å². The maximum absolute atomic E-state index is 12.0. The number of hydrogen-bond acceptors (Lipinski definition) is 8. The minimum atomic E-state index is -0.585. The number of hydrazine groups is 1. The summed E-state index contributed by atoms with van der Waals surface area (Å²) in [4.78, 5) is 23.0. The zero-order valence-electron chi connectivity index (χ0n) is 15.0. The van der Waals surface area contributed by atoms with Crippen LogP contribution in [0.5, 0.6) is 0 Å². The van der Waals surface area contributed by atoms with E-state index in [1.807, 2.05) is 22.9 Å². The van der Waals surface area contributed by atoms with Gasteiger partial charge in [-0.2, -0.15) is 0 Å². The van der Waals surface area contributed by atoms with Gasteiger partial charge in [-0.1, -0.05) is 6.07 Å². The van der Waals surface area contributed by atoms with Crippen molar-refractivity contribution < 1.29 is 14.3 Å². The Labute approximate surface area is 159 Å². The molecule has 3 heterocycles. The van der Waals surface area contributed by atoms with Crippen LogP contribution in [-0.2, 0) is 16.1 Å². The van der Waals surface area contributed by atoms with E-state index < -0.39 is 11.7 Å². The van der Waals surface area contributed by atoms with Crippen LogP contribution in [0.25, 0.3) is 20.9 Å². The van der Waals surface area contributed by atoms with E-state index in [0.717, 1.165) is 20.7 Å². The molecule has 3 rings (SSSR count). The number of methoxy groups -OCH3 is 1. The van der Waals surface area contributed by atoms with E-state index >= 15 is 0 Å². The third-order valence-electron chi connectivity index (χ3n) is 3.23. The monoisotopic (exact) mass is 392 g/mol. The van der Waals surface area contributed by atoms with Crippen molar-refractivity contribution in [1.29, 1.82) is 0 Å². The average molecular weight is 393 g/mol. The Bertz CT molecular complexity index is 901. The molecular formula is C17H20N4O3S2. The summed E-state index contributed by atoms with van der Waals surface area (Å²) in [5.41, 5.74) is 5.79. The zero-order chi connectivity index (χ0) is 18.7. The molecule has 0 radical (unpaired) electrons. The highest BCUT2D eigenvalue weighted by Crippen LogP contribution is 2.33. The van der Waals surface area contributed by atoms with Crippen LogP contribution in [0.2, 0.25) is 0 Å². The summed E-state index contributed by atoms with van der Waals surface area (Å²) in [5.74, 6) is 1.12. The summed E-state index contributed by atoms with van der Waals surface area (Å²) in [6.07, 6.45) is -0.578. The Morgan fingerprint density at radius 1 is 1.27 bits per heavy atom. The number of carbonyl (C=O) groups excluding carboxylic acids is 1. The third kappa shape index (κ3) is 4.29. The molecule has 9 heteroatoms. The van der Waals surface area contributed by atoms with Crippen molar-refractivity contribution in [2.75, 3.05) is 12.5 Å². The van der Waals surface area contributed by atoms with Crippen LogP contribution in [0.1, 0.15) is 26.3 Å². The number of fused-ring (bicyclic) bond motifs is 1. The van der Waals surface area contributed by atoms with Gasteiger partial charge in [0.15, 0.2) is 11.6 Å². The predicted molar refractivity (Wildman–Crippen MR) is 104 cm³/mol. The fourth-order valence-electron chi connectivity index (χ4n) is 2.28. The summed E-state index contributed by atoms with van der Waals surface area (Å²) in [6.45, 7) is 5.85. The van der Waals surface area contributed by atoms with E-state index in [1.54, 1.807) is 39.2 Å². The Morgan fingerprint density at radius 3 is 2.73 bits per heavy atom. The van der Waals surface area contributed by atoms with Crippen LogP contribution in [-0.4, -0.2) is 28.8 Å². The predicted octanol–water partition coefficient (Wildman–Crippen LogP) is 4.42. The van der Waals surface area contributed by atoms with Gasteiger partial charge in [-0.3, -0.25) is 5.43 Å². The van der Waals surface area contributed by atoms with Crippen molar-refractivity contribution in [3.8, 4) is 10.7 Å². The number of amides is 1. The molecule has 0 bridgehead atoms. The smallest absolute Gasteiger partial charge is 0.426 e.